The largest absolute Gasteiger partial charge is 0.395 e. The molecule has 15 heavy (non-hydrogen) atoms. The molecular weight excluding hydrogens is 208 g/mol. The number of aliphatic hydroxyl groups is 1. The van der Waals surface area contributed by atoms with E-state index < -0.39 is 18.9 Å². The lowest BCUT2D eigenvalue weighted by Crippen LogP contribution is -2.37. The molecule has 0 bridgehead atoms. The maximum atomic E-state index is 12.1. The maximum absolute atomic E-state index is 12.1. The summed E-state index contributed by atoms with van der Waals surface area (Å²) >= 11 is 0. The molecule has 84 valence electrons. The van der Waals surface area contributed by atoms with Gasteiger partial charge in [0.1, 0.15) is 5.69 Å². The van der Waals surface area contributed by atoms with Crippen molar-refractivity contribution in [3.63, 3.8) is 0 Å². The molecule has 7 heteroatoms. The van der Waals surface area contributed by atoms with Crippen molar-refractivity contribution in [1.29, 1.82) is 0 Å². The van der Waals surface area contributed by atoms with Crippen molar-refractivity contribution >= 4 is 5.91 Å². The summed E-state index contributed by atoms with van der Waals surface area (Å²) in [6.07, 6.45) is -0.0892. The Hall–Kier alpha value is -1.50. The molecule has 0 spiro atoms. The number of rotatable bonds is 5. The number of halogens is 2. The van der Waals surface area contributed by atoms with Crippen LogP contribution in [0.5, 0.6) is 0 Å². The van der Waals surface area contributed by atoms with E-state index in [0.29, 0.717) is 0 Å². The highest BCUT2D eigenvalue weighted by atomic mass is 19.3. The van der Waals surface area contributed by atoms with Gasteiger partial charge in [-0.3, -0.25) is 4.79 Å². The number of nitrogens with zero attached hydrogens (tertiary/aromatic N) is 2. The van der Waals surface area contributed by atoms with Crippen molar-refractivity contribution in [2.24, 2.45) is 0 Å². The lowest BCUT2D eigenvalue weighted by molar-refractivity contribution is 0.0505. The summed E-state index contributed by atoms with van der Waals surface area (Å²) < 4.78 is 24.2. The quantitative estimate of drug-likeness (QED) is 0.738. The third-order valence-corrected chi connectivity index (χ3v) is 1.74. The van der Waals surface area contributed by atoms with Crippen LogP contribution in [-0.4, -0.2) is 52.0 Å². The predicted molar refractivity (Wildman–Crippen MR) is 47.6 cm³/mol. The molecular formula is C8H11F2N3O2. The number of H-pyrrole nitrogens is 1. The van der Waals surface area contributed by atoms with Crippen LogP contribution >= 0.6 is 0 Å². The van der Waals surface area contributed by atoms with Gasteiger partial charge in [0.15, 0.2) is 0 Å². The normalized spacial score (nSPS) is 10.7. The van der Waals surface area contributed by atoms with E-state index in [2.05, 4.69) is 9.97 Å². The van der Waals surface area contributed by atoms with Crippen LogP contribution in [-0.2, 0) is 0 Å². The highest BCUT2D eigenvalue weighted by molar-refractivity contribution is 5.92. The molecule has 1 heterocycles. The second-order valence-electron chi connectivity index (χ2n) is 2.83. The maximum Gasteiger partial charge on any atom is 0.272 e. The Bertz CT molecular complexity index is 303. The fourth-order valence-corrected chi connectivity index (χ4v) is 1.11. The molecule has 0 unspecified atom stereocenters. The fourth-order valence-electron chi connectivity index (χ4n) is 1.11. The van der Waals surface area contributed by atoms with Gasteiger partial charge in [-0.05, 0) is 0 Å². The Morgan fingerprint density at radius 3 is 2.87 bits per heavy atom. The van der Waals surface area contributed by atoms with Gasteiger partial charge in [0, 0.05) is 6.54 Å². The Labute approximate surface area is 84.7 Å². The molecule has 0 aromatic carbocycles. The first kappa shape index (κ1) is 11.6. The number of carbonyl (C=O) groups excluding carboxylic acids is 1. The van der Waals surface area contributed by atoms with Gasteiger partial charge >= 0.3 is 0 Å². The number of aliphatic hydroxyl groups excluding tert-OH is 1. The number of hydrogen-bond donors (Lipinski definition) is 2. The van der Waals surface area contributed by atoms with Gasteiger partial charge in [0.25, 0.3) is 12.3 Å². The number of imidazole rings is 1. The standard InChI is InChI=1S/C8H11F2N3O2/c9-7(10)4-13(1-2-14)8(15)6-3-11-5-12-6/h3,5,7,14H,1-2,4H2,(H,11,12). The van der Waals surface area contributed by atoms with Crippen LogP contribution in [0.3, 0.4) is 0 Å². The SMILES string of the molecule is O=C(c1cnc[nH]1)N(CCO)CC(F)F. The van der Waals surface area contributed by atoms with Crippen LogP contribution in [0.2, 0.25) is 0 Å². The first-order valence-corrected chi connectivity index (χ1v) is 4.31. The van der Waals surface area contributed by atoms with Gasteiger partial charge in [-0.2, -0.15) is 0 Å². The summed E-state index contributed by atoms with van der Waals surface area (Å²) in [6, 6.07) is 0. The highest BCUT2D eigenvalue weighted by Crippen LogP contribution is 2.04. The minimum atomic E-state index is -2.62. The van der Waals surface area contributed by atoms with Gasteiger partial charge in [0.2, 0.25) is 0 Å². The van der Waals surface area contributed by atoms with Crippen molar-refractivity contribution in [3.05, 3.63) is 18.2 Å². The van der Waals surface area contributed by atoms with Gasteiger partial charge < -0.3 is 15.0 Å². The number of alkyl halides is 2. The molecule has 0 aliphatic carbocycles. The lowest BCUT2D eigenvalue weighted by atomic mass is 10.3. The van der Waals surface area contributed by atoms with Crippen molar-refractivity contribution < 1.29 is 18.7 Å². The van der Waals surface area contributed by atoms with Crippen LogP contribution in [0.15, 0.2) is 12.5 Å². The number of hydrogen-bond acceptors (Lipinski definition) is 3. The zero-order valence-corrected chi connectivity index (χ0v) is 7.86. The van der Waals surface area contributed by atoms with Crippen LogP contribution in [0.1, 0.15) is 10.5 Å². The summed E-state index contributed by atoms with van der Waals surface area (Å²) in [5.74, 6) is -0.596. The van der Waals surface area contributed by atoms with Crippen molar-refractivity contribution in [2.45, 2.75) is 6.43 Å². The van der Waals surface area contributed by atoms with E-state index in [1.807, 2.05) is 0 Å². The van der Waals surface area contributed by atoms with Gasteiger partial charge in [-0.15, -0.1) is 0 Å². The van der Waals surface area contributed by atoms with Gasteiger partial charge in [-0.25, -0.2) is 13.8 Å². The Morgan fingerprint density at radius 2 is 2.40 bits per heavy atom. The molecule has 0 aliphatic rings. The zero-order valence-electron chi connectivity index (χ0n) is 7.86. The molecule has 0 fully saturated rings. The lowest BCUT2D eigenvalue weighted by Gasteiger charge is -2.20. The van der Waals surface area contributed by atoms with Gasteiger partial charge in [-0.1, -0.05) is 0 Å². The van der Waals surface area contributed by atoms with Crippen LogP contribution in [0.4, 0.5) is 8.78 Å². The van der Waals surface area contributed by atoms with Crippen LogP contribution in [0.25, 0.3) is 0 Å². The number of nitrogens with one attached hydrogen (secondary N) is 1. The van der Waals surface area contributed by atoms with Crippen LogP contribution < -0.4 is 0 Å². The fraction of sp³-hybridized carbons (Fsp3) is 0.500. The minimum Gasteiger partial charge on any atom is -0.395 e. The van der Waals surface area contributed by atoms with E-state index in [-0.39, 0.29) is 18.8 Å². The number of carbonyl (C=O) groups is 1. The Morgan fingerprint density at radius 1 is 1.67 bits per heavy atom. The minimum absolute atomic E-state index is 0.123. The summed E-state index contributed by atoms with van der Waals surface area (Å²) in [4.78, 5) is 18.5. The number of aromatic nitrogens is 2. The molecule has 1 rings (SSSR count). The molecule has 0 atom stereocenters. The van der Waals surface area contributed by atoms with Crippen molar-refractivity contribution in [2.75, 3.05) is 19.7 Å². The van der Waals surface area contributed by atoms with E-state index in [0.717, 1.165) is 4.90 Å². The second kappa shape index (κ2) is 5.40. The average molecular weight is 219 g/mol. The second-order valence-corrected chi connectivity index (χ2v) is 2.83. The molecule has 5 nitrogen and oxygen atoms in total. The topological polar surface area (TPSA) is 69.2 Å². The monoisotopic (exact) mass is 219 g/mol. The molecule has 0 radical (unpaired) electrons. The van der Waals surface area contributed by atoms with Crippen molar-refractivity contribution in [1.82, 2.24) is 14.9 Å². The van der Waals surface area contributed by atoms with E-state index in [1.165, 1.54) is 12.5 Å². The summed E-state index contributed by atoms with van der Waals surface area (Å²) in [5.41, 5.74) is 0.129. The molecule has 0 saturated heterocycles. The zero-order chi connectivity index (χ0) is 11.3. The summed E-state index contributed by atoms with van der Waals surface area (Å²) in [7, 11) is 0. The van der Waals surface area contributed by atoms with E-state index in [4.69, 9.17) is 5.11 Å². The first-order valence-electron chi connectivity index (χ1n) is 4.31. The highest BCUT2D eigenvalue weighted by Gasteiger charge is 2.19. The Balaban J connectivity index is 2.67. The molecule has 1 aromatic rings. The first-order chi connectivity index (χ1) is 7.15. The molecule has 1 aromatic heterocycles. The molecule has 0 aliphatic heterocycles. The van der Waals surface area contributed by atoms with E-state index in [9.17, 15) is 13.6 Å². The molecule has 1 amide bonds. The van der Waals surface area contributed by atoms with Crippen molar-refractivity contribution in [3.8, 4) is 0 Å². The summed E-state index contributed by atoms with van der Waals surface area (Å²) in [5, 5.41) is 8.63. The smallest absolute Gasteiger partial charge is 0.272 e. The number of aromatic amines is 1. The van der Waals surface area contributed by atoms with Gasteiger partial charge in [0.05, 0.1) is 25.7 Å². The predicted octanol–water partition coefficient (Wildman–Crippen LogP) is 0.109. The third kappa shape index (κ3) is 3.28. The van der Waals surface area contributed by atoms with E-state index in [1.54, 1.807) is 0 Å². The van der Waals surface area contributed by atoms with E-state index >= 15 is 0 Å². The third-order valence-electron chi connectivity index (χ3n) is 1.74. The Kier molecular flexibility index (Phi) is 4.17. The van der Waals surface area contributed by atoms with Crippen LogP contribution in [0, 0.1) is 0 Å². The average Bonchev–Trinajstić information content (AvgIpc) is 2.68. The molecule has 0 saturated carbocycles. The number of amides is 1. The summed E-state index contributed by atoms with van der Waals surface area (Å²) in [6.45, 7) is -1.17. The molecule has 2 N–H and O–H groups in total.